The number of hydrogen-bond acceptors (Lipinski definition) is 5. The van der Waals surface area contributed by atoms with E-state index in [2.05, 4.69) is 31.4 Å². The maximum absolute atomic E-state index is 5.57. The largest absolute Gasteiger partial charge is 0.366 e. The van der Waals surface area contributed by atoms with Gasteiger partial charge >= 0.3 is 0 Å². The fourth-order valence-corrected chi connectivity index (χ4v) is 2.23. The predicted octanol–water partition coefficient (Wildman–Crippen LogP) is 2.58. The summed E-state index contributed by atoms with van der Waals surface area (Å²) in [4.78, 5) is 4.38. The van der Waals surface area contributed by atoms with Crippen LogP contribution in [0.1, 0.15) is 12.0 Å². The third kappa shape index (κ3) is 3.33. The van der Waals surface area contributed by atoms with Crippen LogP contribution in [0.2, 0.25) is 0 Å². The van der Waals surface area contributed by atoms with E-state index in [0.717, 1.165) is 16.6 Å². The molecule has 1 unspecified atom stereocenters. The monoisotopic (exact) mass is 345 g/mol. The average Bonchev–Trinajstić information content (AvgIpc) is 2.89. The highest BCUT2D eigenvalue weighted by atomic mass is 79.9. The summed E-state index contributed by atoms with van der Waals surface area (Å²) in [5.74, 6) is 1.11. The van der Waals surface area contributed by atoms with Crippen molar-refractivity contribution in [2.24, 2.45) is 0 Å². The van der Waals surface area contributed by atoms with Crippen molar-refractivity contribution in [1.29, 1.82) is 0 Å². The molecule has 2 heterocycles. The number of ether oxygens (including phenoxy) is 1. The summed E-state index contributed by atoms with van der Waals surface area (Å²) in [7, 11) is 0. The molecule has 7 heteroatoms. The van der Waals surface area contributed by atoms with E-state index in [1.807, 2.05) is 24.3 Å². The van der Waals surface area contributed by atoms with Crippen LogP contribution in [-0.4, -0.2) is 29.8 Å². The second-order valence-corrected chi connectivity index (χ2v) is 4.95. The summed E-state index contributed by atoms with van der Waals surface area (Å²) in [6, 6.07) is 7.79. The maximum Gasteiger partial charge on any atom is 0.257 e. The number of aromatic nitrogens is 2. The molecule has 0 radical (unpaired) electrons. The molecule has 1 aliphatic heterocycles. The first-order valence-electron chi connectivity index (χ1n) is 5.75. The maximum atomic E-state index is 5.57. The van der Waals surface area contributed by atoms with Crippen molar-refractivity contribution in [2.45, 2.75) is 6.10 Å². The lowest BCUT2D eigenvalue weighted by Crippen LogP contribution is -2.33. The van der Waals surface area contributed by atoms with Gasteiger partial charge in [-0.2, -0.15) is 4.98 Å². The zero-order valence-corrected chi connectivity index (χ0v) is 12.4. The number of morpholine rings is 1. The van der Waals surface area contributed by atoms with Crippen LogP contribution in [0.3, 0.4) is 0 Å². The molecule has 1 N–H and O–H groups in total. The van der Waals surface area contributed by atoms with Gasteiger partial charge in [-0.05, 0) is 12.1 Å². The van der Waals surface area contributed by atoms with Crippen molar-refractivity contribution < 1.29 is 9.26 Å². The summed E-state index contributed by atoms with van der Waals surface area (Å²) in [6.45, 7) is 2.24. The minimum Gasteiger partial charge on any atom is -0.366 e. The molecule has 0 aliphatic carbocycles. The molecule has 1 aliphatic rings. The SMILES string of the molecule is Brc1cccc(-c2noc(C3CNCCO3)n2)c1.Cl. The Hall–Kier alpha value is -0.950. The molecule has 1 saturated heterocycles. The van der Waals surface area contributed by atoms with Crippen LogP contribution in [0.25, 0.3) is 11.4 Å². The molecular formula is C12H13BrClN3O2. The molecule has 19 heavy (non-hydrogen) atoms. The van der Waals surface area contributed by atoms with Crippen LogP contribution >= 0.6 is 28.3 Å². The number of benzene rings is 1. The quantitative estimate of drug-likeness (QED) is 0.905. The van der Waals surface area contributed by atoms with Crippen LogP contribution in [0, 0.1) is 0 Å². The van der Waals surface area contributed by atoms with E-state index < -0.39 is 0 Å². The predicted molar refractivity (Wildman–Crippen MR) is 76.2 cm³/mol. The van der Waals surface area contributed by atoms with Gasteiger partial charge in [0.1, 0.15) is 6.10 Å². The third-order valence-corrected chi connectivity index (χ3v) is 3.22. The lowest BCUT2D eigenvalue weighted by molar-refractivity contribution is 0.00755. The van der Waals surface area contributed by atoms with Crippen molar-refractivity contribution >= 4 is 28.3 Å². The minimum absolute atomic E-state index is 0. The van der Waals surface area contributed by atoms with Crippen molar-refractivity contribution in [2.75, 3.05) is 19.7 Å². The molecule has 1 fully saturated rings. The van der Waals surface area contributed by atoms with E-state index in [9.17, 15) is 0 Å². The minimum atomic E-state index is -0.146. The van der Waals surface area contributed by atoms with Gasteiger partial charge in [0.05, 0.1) is 6.61 Å². The van der Waals surface area contributed by atoms with Gasteiger partial charge in [0.15, 0.2) is 0 Å². The van der Waals surface area contributed by atoms with Gasteiger partial charge < -0.3 is 14.6 Å². The van der Waals surface area contributed by atoms with Gasteiger partial charge in [0.2, 0.25) is 5.82 Å². The molecule has 0 saturated carbocycles. The summed E-state index contributed by atoms with van der Waals surface area (Å²) in [6.07, 6.45) is -0.146. The Bertz CT molecular complexity index is 543. The average molecular weight is 347 g/mol. The van der Waals surface area contributed by atoms with Crippen LogP contribution < -0.4 is 5.32 Å². The summed E-state index contributed by atoms with van der Waals surface area (Å²) in [5.41, 5.74) is 0.920. The summed E-state index contributed by atoms with van der Waals surface area (Å²) in [5, 5.41) is 7.22. The molecule has 2 aromatic rings. The van der Waals surface area contributed by atoms with Crippen LogP contribution in [0.5, 0.6) is 0 Å². The van der Waals surface area contributed by atoms with Crippen molar-refractivity contribution in [1.82, 2.24) is 15.5 Å². The topological polar surface area (TPSA) is 60.2 Å². The third-order valence-electron chi connectivity index (χ3n) is 2.73. The summed E-state index contributed by atoms with van der Waals surface area (Å²) >= 11 is 3.42. The number of halogens is 2. The zero-order chi connectivity index (χ0) is 12.4. The van der Waals surface area contributed by atoms with Gasteiger partial charge in [-0.3, -0.25) is 0 Å². The smallest absolute Gasteiger partial charge is 0.257 e. The Labute approximate surface area is 125 Å². The first-order valence-corrected chi connectivity index (χ1v) is 6.54. The van der Waals surface area contributed by atoms with E-state index in [0.29, 0.717) is 24.9 Å². The molecular weight excluding hydrogens is 334 g/mol. The van der Waals surface area contributed by atoms with Gasteiger partial charge in [-0.25, -0.2) is 0 Å². The number of nitrogens with zero attached hydrogens (tertiary/aromatic N) is 2. The molecule has 1 aromatic carbocycles. The summed E-state index contributed by atoms with van der Waals surface area (Å²) < 4.78 is 11.8. The first-order chi connectivity index (χ1) is 8.83. The van der Waals surface area contributed by atoms with E-state index in [1.165, 1.54) is 0 Å². The Morgan fingerprint density at radius 1 is 1.37 bits per heavy atom. The van der Waals surface area contributed by atoms with Gasteiger partial charge in [0, 0.05) is 23.1 Å². The van der Waals surface area contributed by atoms with Crippen LogP contribution in [0.4, 0.5) is 0 Å². The molecule has 0 amide bonds. The van der Waals surface area contributed by atoms with Gasteiger partial charge in [0.25, 0.3) is 5.89 Å². The number of nitrogens with one attached hydrogen (secondary N) is 1. The fourth-order valence-electron chi connectivity index (χ4n) is 1.83. The van der Waals surface area contributed by atoms with Crippen molar-refractivity contribution in [3.63, 3.8) is 0 Å². The van der Waals surface area contributed by atoms with E-state index in [1.54, 1.807) is 0 Å². The highest BCUT2D eigenvalue weighted by Gasteiger charge is 2.22. The molecule has 3 rings (SSSR count). The zero-order valence-electron chi connectivity index (χ0n) is 10.0. The second-order valence-electron chi connectivity index (χ2n) is 4.03. The molecule has 5 nitrogen and oxygen atoms in total. The Morgan fingerprint density at radius 2 is 2.26 bits per heavy atom. The second kappa shape index (κ2) is 6.47. The Balaban J connectivity index is 0.00000133. The van der Waals surface area contributed by atoms with Gasteiger partial charge in [-0.15, -0.1) is 12.4 Å². The van der Waals surface area contributed by atoms with Crippen LogP contribution in [0.15, 0.2) is 33.3 Å². The van der Waals surface area contributed by atoms with Gasteiger partial charge in [-0.1, -0.05) is 33.2 Å². The number of hydrogen-bond donors (Lipinski definition) is 1. The van der Waals surface area contributed by atoms with Crippen molar-refractivity contribution in [3.8, 4) is 11.4 Å². The lowest BCUT2D eigenvalue weighted by Gasteiger charge is -2.19. The normalized spacial score (nSPS) is 18.9. The molecule has 102 valence electrons. The lowest BCUT2D eigenvalue weighted by atomic mass is 10.2. The molecule has 0 bridgehead atoms. The molecule has 0 spiro atoms. The Morgan fingerprint density at radius 3 is 3.00 bits per heavy atom. The van der Waals surface area contributed by atoms with Crippen molar-refractivity contribution in [3.05, 3.63) is 34.6 Å². The fraction of sp³-hybridized carbons (Fsp3) is 0.333. The molecule has 1 aromatic heterocycles. The first kappa shape index (κ1) is 14.5. The Kier molecular flexibility index (Phi) is 4.93. The van der Waals surface area contributed by atoms with E-state index in [4.69, 9.17) is 9.26 Å². The van der Waals surface area contributed by atoms with Crippen LogP contribution in [-0.2, 0) is 4.74 Å². The highest BCUT2D eigenvalue weighted by molar-refractivity contribution is 9.10. The van der Waals surface area contributed by atoms with E-state index in [-0.39, 0.29) is 18.5 Å². The standard InChI is InChI=1S/C12H12BrN3O2.ClH/c13-9-3-1-2-8(6-9)11-15-12(18-16-11)10-7-14-4-5-17-10;/h1-3,6,10,14H,4-5,7H2;1H. The molecule has 1 atom stereocenters. The number of rotatable bonds is 2. The highest BCUT2D eigenvalue weighted by Crippen LogP contribution is 2.23. The van der Waals surface area contributed by atoms with E-state index >= 15 is 0 Å².